The molecule has 0 saturated heterocycles. The Morgan fingerprint density at radius 1 is 1.25 bits per heavy atom. The molecule has 0 bridgehead atoms. The number of rotatable bonds is 3. The van der Waals surface area contributed by atoms with E-state index in [-0.39, 0.29) is 5.91 Å². The van der Waals surface area contributed by atoms with Gasteiger partial charge in [0.1, 0.15) is 5.75 Å². The third-order valence-corrected chi connectivity index (χ3v) is 2.76. The molecule has 0 radical (unpaired) electrons. The van der Waals surface area contributed by atoms with E-state index in [9.17, 15) is 4.79 Å². The molecule has 5 nitrogen and oxygen atoms in total. The molecule has 2 rings (SSSR count). The normalized spacial score (nSPS) is 9.60. The number of ether oxygens (including phenoxy) is 1. The first-order valence-corrected chi connectivity index (χ1v) is 5.89. The Kier molecular flexibility index (Phi) is 3.87. The highest BCUT2D eigenvalue weighted by Gasteiger charge is 2.08. The van der Waals surface area contributed by atoms with Gasteiger partial charge in [0.2, 0.25) is 0 Å². The van der Waals surface area contributed by atoms with Gasteiger partial charge in [-0.1, -0.05) is 0 Å². The van der Waals surface area contributed by atoms with E-state index in [1.807, 2.05) is 6.07 Å². The maximum absolute atomic E-state index is 12.0. The second-order valence-electron chi connectivity index (χ2n) is 4.10. The smallest absolute Gasteiger partial charge is 0.255 e. The van der Waals surface area contributed by atoms with Crippen LogP contribution in [-0.4, -0.2) is 13.0 Å². The van der Waals surface area contributed by atoms with Gasteiger partial charge in [-0.2, -0.15) is 5.26 Å². The number of hydrogen-bond donors (Lipinski definition) is 2. The first-order chi connectivity index (χ1) is 9.63. The zero-order valence-electron chi connectivity index (χ0n) is 10.9. The number of nitrogen functional groups attached to an aromatic ring is 1. The second kappa shape index (κ2) is 5.76. The molecule has 0 aliphatic rings. The number of amides is 1. The molecule has 0 atom stereocenters. The van der Waals surface area contributed by atoms with Gasteiger partial charge < -0.3 is 15.8 Å². The van der Waals surface area contributed by atoms with Crippen LogP contribution in [0.2, 0.25) is 0 Å². The molecule has 0 spiro atoms. The first kappa shape index (κ1) is 13.4. The zero-order valence-corrected chi connectivity index (χ0v) is 10.9. The van der Waals surface area contributed by atoms with Crippen LogP contribution >= 0.6 is 0 Å². The monoisotopic (exact) mass is 267 g/mol. The van der Waals surface area contributed by atoms with Gasteiger partial charge in [0, 0.05) is 11.3 Å². The first-order valence-electron chi connectivity index (χ1n) is 5.89. The van der Waals surface area contributed by atoms with Gasteiger partial charge in [0.25, 0.3) is 5.91 Å². The molecule has 5 heteroatoms. The van der Waals surface area contributed by atoms with Crippen molar-refractivity contribution in [3.05, 3.63) is 53.6 Å². The number of nitrogens with two attached hydrogens (primary N) is 1. The van der Waals surface area contributed by atoms with Crippen LogP contribution in [0, 0.1) is 11.3 Å². The Bertz CT molecular complexity index is 673. The second-order valence-corrected chi connectivity index (χ2v) is 4.10. The van der Waals surface area contributed by atoms with E-state index in [4.69, 9.17) is 15.7 Å². The largest absolute Gasteiger partial charge is 0.495 e. The number of carbonyl (C=O) groups excluding carboxylic acids is 1. The highest BCUT2D eigenvalue weighted by molar-refractivity contribution is 6.05. The van der Waals surface area contributed by atoms with Crippen molar-refractivity contribution in [3.63, 3.8) is 0 Å². The van der Waals surface area contributed by atoms with Crippen molar-refractivity contribution >= 4 is 17.3 Å². The number of hydrogen-bond acceptors (Lipinski definition) is 4. The summed E-state index contributed by atoms with van der Waals surface area (Å²) in [5, 5.41) is 11.4. The number of nitrogens with one attached hydrogen (secondary N) is 1. The lowest BCUT2D eigenvalue weighted by atomic mass is 10.1. The van der Waals surface area contributed by atoms with Gasteiger partial charge in [0.05, 0.1) is 24.4 Å². The Balaban J connectivity index is 2.15. The number of benzene rings is 2. The SMILES string of the molecule is COc1ccc(C(=O)Nc2ccc(C#N)cc2)cc1N. The maximum atomic E-state index is 12.0. The van der Waals surface area contributed by atoms with E-state index < -0.39 is 0 Å². The number of methoxy groups -OCH3 is 1. The van der Waals surface area contributed by atoms with Crippen molar-refractivity contribution in [2.75, 3.05) is 18.2 Å². The van der Waals surface area contributed by atoms with Crippen LogP contribution < -0.4 is 15.8 Å². The highest BCUT2D eigenvalue weighted by Crippen LogP contribution is 2.22. The number of nitrogens with zero attached hydrogens (tertiary/aromatic N) is 1. The zero-order chi connectivity index (χ0) is 14.5. The molecule has 0 unspecified atom stereocenters. The van der Waals surface area contributed by atoms with Crippen LogP contribution in [0.15, 0.2) is 42.5 Å². The van der Waals surface area contributed by atoms with Crippen molar-refractivity contribution in [1.82, 2.24) is 0 Å². The van der Waals surface area contributed by atoms with Crippen molar-refractivity contribution in [2.24, 2.45) is 0 Å². The third kappa shape index (κ3) is 2.87. The van der Waals surface area contributed by atoms with E-state index in [0.29, 0.717) is 28.3 Å². The van der Waals surface area contributed by atoms with E-state index in [1.54, 1.807) is 42.5 Å². The summed E-state index contributed by atoms with van der Waals surface area (Å²) in [6, 6.07) is 13.5. The molecule has 0 aliphatic carbocycles. The fraction of sp³-hybridized carbons (Fsp3) is 0.0667. The number of anilines is 2. The molecule has 0 aromatic heterocycles. The molecule has 3 N–H and O–H groups in total. The van der Waals surface area contributed by atoms with E-state index >= 15 is 0 Å². The van der Waals surface area contributed by atoms with E-state index in [2.05, 4.69) is 5.32 Å². The van der Waals surface area contributed by atoms with Crippen LogP contribution in [0.3, 0.4) is 0 Å². The fourth-order valence-corrected chi connectivity index (χ4v) is 1.71. The summed E-state index contributed by atoms with van der Waals surface area (Å²) in [5.74, 6) is 0.254. The number of nitriles is 1. The quantitative estimate of drug-likeness (QED) is 0.836. The van der Waals surface area contributed by atoms with Crippen molar-refractivity contribution in [1.29, 1.82) is 5.26 Å². The molecular weight excluding hydrogens is 254 g/mol. The third-order valence-electron chi connectivity index (χ3n) is 2.76. The van der Waals surface area contributed by atoms with Gasteiger partial charge in [-0.3, -0.25) is 4.79 Å². The Morgan fingerprint density at radius 2 is 1.95 bits per heavy atom. The van der Waals surface area contributed by atoms with E-state index in [1.165, 1.54) is 7.11 Å². The van der Waals surface area contributed by atoms with Crippen LogP contribution in [0.4, 0.5) is 11.4 Å². The van der Waals surface area contributed by atoms with Gasteiger partial charge in [-0.15, -0.1) is 0 Å². The highest BCUT2D eigenvalue weighted by atomic mass is 16.5. The Labute approximate surface area is 116 Å². The lowest BCUT2D eigenvalue weighted by Gasteiger charge is -2.08. The lowest BCUT2D eigenvalue weighted by Crippen LogP contribution is -2.12. The minimum Gasteiger partial charge on any atom is -0.495 e. The Hall–Kier alpha value is -3.00. The predicted molar refractivity (Wildman–Crippen MR) is 76.5 cm³/mol. The fourth-order valence-electron chi connectivity index (χ4n) is 1.71. The minimum atomic E-state index is -0.274. The minimum absolute atomic E-state index is 0.274. The Morgan fingerprint density at radius 3 is 2.50 bits per heavy atom. The van der Waals surface area contributed by atoms with E-state index in [0.717, 1.165) is 0 Å². The summed E-state index contributed by atoms with van der Waals surface area (Å²) < 4.78 is 5.04. The van der Waals surface area contributed by atoms with Gasteiger partial charge >= 0.3 is 0 Å². The summed E-state index contributed by atoms with van der Waals surface area (Å²) in [5.41, 5.74) is 7.75. The standard InChI is InChI=1S/C15H13N3O2/c1-20-14-7-4-11(8-13(14)17)15(19)18-12-5-2-10(9-16)3-6-12/h2-8H,17H2,1H3,(H,18,19). The van der Waals surface area contributed by atoms with Crippen LogP contribution in [0.25, 0.3) is 0 Å². The average Bonchev–Trinajstić information content (AvgIpc) is 2.48. The molecule has 2 aromatic rings. The van der Waals surface area contributed by atoms with Gasteiger partial charge in [-0.05, 0) is 42.5 Å². The predicted octanol–water partition coefficient (Wildman–Crippen LogP) is 2.40. The van der Waals surface area contributed by atoms with Crippen molar-refractivity contribution < 1.29 is 9.53 Å². The topological polar surface area (TPSA) is 88.1 Å². The van der Waals surface area contributed by atoms with Crippen molar-refractivity contribution in [2.45, 2.75) is 0 Å². The molecule has 0 fully saturated rings. The summed E-state index contributed by atoms with van der Waals surface area (Å²) >= 11 is 0. The van der Waals surface area contributed by atoms with Crippen LogP contribution in [0.1, 0.15) is 15.9 Å². The maximum Gasteiger partial charge on any atom is 0.255 e. The molecular formula is C15H13N3O2. The summed E-state index contributed by atoms with van der Waals surface area (Å²) in [6.45, 7) is 0. The van der Waals surface area contributed by atoms with Crippen molar-refractivity contribution in [3.8, 4) is 11.8 Å². The van der Waals surface area contributed by atoms with Gasteiger partial charge in [0.15, 0.2) is 0 Å². The average molecular weight is 267 g/mol. The summed E-state index contributed by atoms with van der Waals surface area (Å²) in [7, 11) is 1.52. The lowest BCUT2D eigenvalue weighted by molar-refractivity contribution is 0.102. The molecule has 1 amide bonds. The van der Waals surface area contributed by atoms with Gasteiger partial charge in [-0.25, -0.2) is 0 Å². The number of carbonyl (C=O) groups is 1. The molecule has 2 aromatic carbocycles. The molecule has 0 heterocycles. The summed E-state index contributed by atoms with van der Waals surface area (Å²) in [6.07, 6.45) is 0. The van der Waals surface area contributed by atoms with Crippen LogP contribution in [-0.2, 0) is 0 Å². The molecule has 100 valence electrons. The van der Waals surface area contributed by atoms with Crippen LogP contribution in [0.5, 0.6) is 5.75 Å². The molecule has 0 aliphatic heterocycles. The molecule has 0 saturated carbocycles. The summed E-state index contributed by atoms with van der Waals surface area (Å²) in [4.78, 5) is 12.0. The molecule has 20 heavy (non-hydrogen) atoms.